The van der Waals surface area contributed by atoms with E-state index in [9.17, 15) is 4.79 Å². The third-order valence-corrected chi connectivity index (χ3v) is 2.92. The molecule has 0 saturated carbocycles. The zero-order valence-electron chi connectivity index (χ0n) is 7.65. The van der Waals surface area contributed by atoms with E-state index in [0.29, 0.717) is 10.6 Å². The van der Waals surface area contributed by atoms with Gasteiger partial charge in [0.05, 0.1) is 16.6 Å². The molecule has 2 aromatic rings. The van der Waals surface area contributed by atoms with Crippen molar-refractivity contribution in [2.45, 2.75) is 0 Å². The highest BCUT2D eigenvalue weighted by molar-refractivity contribution is 7.22. The van der Waals surface area contributed by atoms with E-state index in [1.54, 1.807) is 18.2 Å². The molecule has 0 aliphatic rings. The average Bonchev–Trinajstić information content (AvgIpc) is 2.57. The number of benzene rings is 1. The number of hydrogen-bond donors (Lipinski definition) is 2. The number of nitrogens with zero attached hydrogens (tertiary/aromatic N) is 1. The first-order valence-electron chi connectivity index (χ1n) is 4.19. The molecule has 0 aliphatic carbocycles. The van der Waals surface area contributed by atoms with Crippen LogP contribution < -0.4 is 11.1 Å². The van der Waals surface area contributed by atoms with Crippen molar-refractivity contribution in [2.24, 2.45) is 5.73 Å². The van der Waals surface area contributed by atoms with Crippen LogP contribution in [0.3, 0.4) is 0 Å². The molecule has 3 N–H and O–H groups in total. The van der Waals surface area contributed by atoms with Crippen LogP contribution in [0, 0.1) is 11.3 Å². The molecular weight excluding hydrogens is 210 g/mol. The van der Waals surface area contributed by atoms with Crippen molar-refractivity contribution in [1.82, 2.24) is 0 Å². The molecule has 1 aromatic carbocycles. The second-order valence-electron chi connectivity index (χ2n) is 2.96. The predicted molar refractivity (Wildman–Crippen MR) is 59.7 cm³/mol. The van der Waals surface area contributed by atoms with E-state index in [-0.39, 0.29) is 0 Å². The predicted octanol–water partition coefficient (Wildman–Crippen LogP) is 2.26. The van der Waals surface area contributed by atoms with Gasteiger partial charge in [-0.05, 0) is 29.7 Å². The number of anilines is 1. The lowest BCUT2D eigenvalue weighted by Gasteiger charge is -1.92. The summed E-state index contributed by atoms with van der Waals surface area (Å²) in [7, 11) is 0. The number of nitriles is 1. The molecule has 0 aliphatic heterocycles. The van der Waals surface area contributed by atoms with Gasteiger partial charge in [-0.3, -0.25) is 5.32 Å². The maximum Gasteiger partial charge on any atom is 0.317 e. The number of amides is 2. The molecule has 2 rings (SSSR count). The quantitative estimate of drug-likeness (QED) is 0.768. The smallest absolute Gasteiger partial charge is 0.317 e. The summed E-state index contributed by atoms with van der Waals surface area (Å²) in [6, 6.07) is 8.65. The molecule has 0 fully saturated rings. The molecule has 4 nitrogen and oxygen atoms in total. The maximum absolute atomic E-state index is 10.6. The molecule has 0 saturated heterocycles. The number of nitrogens with two attached hydrogens (primary N) is 1. The second kappa shape index (κ2) is 3.59. The Kier molecular flexibility index (Phi) is 2.27. The van der Waals surface area contributed by atoms with Crippen LogP contribution >= 0.6 is 11.3 Å². The molecule has 74 valence electrons. The minimum absolute atomic E-state index is 0.581. The molecular formula is C10H7N3OS. The van der Waals surface area contributed by atoms with Crippen molar-refractivity contribution in [3.63, 3.8) is 0 Å². The van der Waals surface area contributed by atoms with Gasteiger partial charge in [-0.2, -0.15) is 5.26 Å². The number of nitrogens with one attached hydrogen (secondary N) is 1. The van der Waals surface area contributed by atoms with E-state index in [0.717, 1.165) is 10.1 Å². The van der Waals surface area contributed by atoms with Gasteiger partial charge in [0.15, 0.2) is 0 Å². The topological polar surface area (TPSA) is 78.9 Å². The van der Waals surface area contributed by atoms with E-state index >= 15 is 0 Å². The summed E-state index contributed by atoms with van der Waals surface area (Å²) in [5.74, 6) is 0. The Morgan fingerprint density at radius 2 is 2.27 bits per heavy atom. The van der Waals surface area contributed by atoms with Crippen molar-refractivity contribution in [3.05, 3.63) is 29.8 Å². The second-order valence-corrected chi connectivity index (χ2v) is 4.05. The molecule has 5 heteroatoms. The number of hydrogen-bond acceptors (Lipinski definition) is 3. The van der Waals surface area contributed by atoms with E-state index < -0.39 is 6.03 Å². The van der Waals surface area contributed by atoms with Gasteiger partial charge in [-0.15, -0.1) is 11.3 Å². The fourth-order valence-electron chi connectivity index (χ4n) is 1.30. The minimum atomic E-state index is -0.581. The molecule has 1 heterocycles. The lowest BCUT2D eigenvalue weighted by molar-refractivity contribution is 0.259. The van der Waals surface area contributed by atoms with E-state index in [2.05, 4.69) is 11.4 Å². The van der Waals surface area contributed by atoms with Crippen molar-refractivity contribution < 1.29 is 4.79 Å². The average molecular weight is 217 g/mol. The minimum Gasteiger partial charge on any atom is -0.351 e. The molecule has 0 spiro atoms. The van der Waals surface area contributed by atoms with Crippen LogP contribution in [0.15, 0.2) is 24.3 Å². The van der Waals surface area contributed by atoms with Crippen molar-refractivity contribution in [2.75, 3.05) is 5.32 Å². The Labute approximate surface area is 89.9 Å². The number of thiophene rings is 1. The van der Waals surface area contributed by atoms with Gasteiger partial charge in [0.1, 0.15) is 0 Å². The first kappa shape index (κ1) is 9.49. The molecule has 0 bridgehead atoms. The van der Waals surface area contributed by atoms with Crippen LogP contribution in [0.25, 0.3) is 10.1 Å². The Bertz CT molecular complexity index is 568. The van der Waals surface area contributed by atoms with Crippen LogP contribution in [0.1, 0.15) is 5.56 Å². The highest BCUT2D eigenvalue weighted by atomic mass is 32.1. The van der Waals surface area contributed by atoms with Gasteiger partial charge in [0, 0.05) is 4.70 Å². The van der Waals surface area contributed by atoms with Crippen LogP contribution in [-0.2, 0) is 0 Å². The molecule has 0 unspecified atom stereocenters. The zero-order chi connectivity index (χ0) is 10.8. The molecule has 0 atom stereocenters. The van der Waals surface area contributed by atoms with E-state index in [1.165, 1.54) is 11.3 Å². The normalized spacial score (nSPS) is 9.80. The molecule has 1 aromatic heterocycles. The lowest BCUT2D eigenvalue weighted by atomic mass is 10.2. The summed E-state index contributed by atoms with van der Waals surface area (Å²) in [6.45, 7) is 0. The fraction of sp³-hybridized carbons (Fsp3) is 0. The summed E-state index contributed by atoms with van der Waals surface area (Å²) in [6.07, 6.45) is 0. The van der Waals surface area contributed by atoms with Crippen molar-refractivity contribution >= 4 is 32.5 Å². The standard InChI is InChI=1S/C10H7N3OS/c11-5-6-1-2-8-7(3-6)4-9(15-8)13-10(12)14/h1-4H,(H3,12,13,14). The summed E-state index contributed by atoms with van der Waals surface area (Å²) >= 11 is 1.42. The van der Waals surface area contributed by atoms with Gasteiger partial charge >= 0.3 is 6.03 Å². The Balaban J connectivity index is 2.47. The van der Waals surface area contributed by atoms with Gasteiger partial charge in [0.2, 0.25) is 0 Å². The van der Waals surface area contributed by atoms with Crippen LogP contribution in [0.2, 0.25) is 0 Å². The number of carbonyl (C=O) groups excluding carboxylic acids is 1. The van der Waals surface area contributed by atoms with Crippen LogP contribution in [0.4, 0.5) is 9.80 Å². The Hall–Kier alpha value is -2.06. The Morgan fingerprint density at radius 1 is 1.47 bits per heavy atom. The number of fused-ring (bicyclic) bond motifs is 1. The van der Waals surface area contributed by atoms with Crippen molar-refractivity contribution in [3.8, 4) is 6.07 Å². The number of urea groups is 1. The summed E-state index contributed by atoms with van der Waals surface area (Å²) < 4.78 is 1.01. The number of carbonyl (C=O) groups is 1. The van der Waals surface area contributed by atoms with Crippen molar-refractivity contribution in [1.29, 1.82) is 5.26 Å². The molecule has 15 heavy (non-hydrogen) atoms. The maximum atomic E-state index is 10.6. The lowest BCUT2D eigenvalue weighted by Crippen LogP contribution is -2.18. The highest BCUT2D eigenvalue weighted by Gasteiger charge is 2.03. The fourth-order valence-corrected chi connectivity index (χ4v) is 2.24. The SMILES string of the molecule is N#Cc1ccc2sc(NC(N)=O)cc2c1. The zero-order valence-corrected chi connectivity index (χ0v) is 8.47. The Morgan fingerprint density at radius 3 is 2.93 bits per heavy atom. The van der Waals surface area contributed by atoms with E-state index in [1.807, 2.05) is 6.07 Å². The monoisotopic (exact) mass is 217 g/mol. The third-order valence-electron chi connectivity index (χ3n) is 1.89. The first-order valence-corrected chi connectivity index (χ1v) is 5.01. The third kappa shape index (κ3) is 1.90. The van der Waals surface area contributed by atoms with Gasteiger partial charge in [-0.1, -0.05) is 0 Å². The number of rotatable bonds is 1. The summed E-state index contributed by atoms with van der Waals surface area (Å²) in [5.41, 5.74) is 5.61. The highest BCUT2D eigenvalue weighted by Crippen LogP contribution is 2.30. The van der Waals surface area contributed by atoms with Crippen LogP contribution in [0.5, 0.6) is 0 Å². The molecule has 2 amide bonds. The summed E-state index contributed by atoms with van der Waals surface area (Å²) in [4.78, 5) is 10.6. The largest absolute Gasteiger partial charge is 0.351 e. The van der Waals surface area contributed by atoms with Crippen LogP contribution in [-0.4, -0.2) is 6.03 Å². The van der Waals surface area contributed by atoms with Gasteiger partial charge in [0.25, 0.3) is 0 Å². The van der Waals surface area contributed by atoms with Gasteiger partial charge < -0.3 is 5.73 Å². The number of primary amides is 1. The van der Waals surface area contributed by atoms with E-state index in [4.69, 9.17) is 11.0 Å². The van der Waals surface area contributed by atoms with Gasteiger partial charge in [-0.25, -0.2) is 4.79 Å². The molecule has 0 radical (unpaired) electrons. The first-order chi connectivity index (χ1) is 7.19. The summed E-state index contributed by atoms with van der Waals surface area (Å²) in [5, 5.41) is 12.8.